The first-order valence-corrected chi connectivity index (χ1v) is 6.82. The molecule has 108 valence electrons. The Labute approximate surface area is 122 Å². The average molecular weight is 284 g/mol. The fourth-order valence-electron chi connectivity index (χ4n) is 2.48. The molecule has 0 aliphatic rings. The smallest absolute Gasteiger partial charge is 0.126 e. The fourth-order valence-corrected chi connectivity index (χ4v) is 2.48. The molecule has 21 heavy (non-hydrogen) atoms. The number of hydrogen-bond donors (Lipinski definition) is 1. The molecule has 0 spiro atoms. The van der Waals surface area contributed by atoms with Crippen LogP contribution in [0.1, 0.15) is 11.1 Å². The van der Waals surface area contributed by atoms with Crippen LogP contribution in [0, 0.1) is 5.82 Å². The Bertz CT molecular complexity index is 780. The minimum atomic E-state index is -0.296. The van der Waals surface area contributed by atoms with E-state index in [1.165, 1.54) is 12.1 Å². The maximum absolute atomic E-state index is 13.2. The van der Waals surface area contributed by atoms with Gasteiger partial charge in [0.2, 0.25) is 0 Å². The molecule has 0 atom stereocenters. The van der Waals surface area contributed by atoms with Crippen molar-refractivity contribution in [2.24, 2.45) is 12.8 Å². The lowest BCUT2D eigenvalue weighted by molar-refractivity contribution is 0.306. The molecule has 2 aromatic carbocycles. The summed E-state index contributed by atoms with van der Waals surface area (Å²) >= 11 is 0. The van der Waals surface area contributed by atoms with Gasteiger partial charge in [-0.15, -0.1) is 0 Å². The van der Waals surface area contributed by atoms with Crippen molar-refractivity contribution >= 4 is 10.9 Å². The normalized spacial score (nSPS) is 11.0. The highest BCUT2D eigenvalue weighted by Gasteiger charge is 2.08. The van der Waals surface area contributed by atoms with Crippen molar-refractivity contribution < 1.29 is 9.13 Å². The second-order valence-corrected chi connectivity index (χ2v) is 5.07. The van der Waals surface area contributed by atoms with E-state index in [2.05, 4.69) is 16.7 Å². The van der Waals surface area contributed by atoms with E-state index in [1.54, 1.807) is 12.1 Å². The first-order chi connectivity index (χ1) is 10.2. The Morgan fingerprint density at radius 1 is 1.19 bits per heavy atom. The molecule has 0 saturated heterocycles. The van der Waals surface area contributed by atoms with E-state index < -0.39 is 0 Å². The van der Waals surface area contributed by atoms with Crippen molar-refractivity contribution in [2.75, 3.05) is 0 Å². The van der Waals surface area contributed by atoms with E-state index in [1.807, 2.05) is 19.3 Å². The number of aryl methyl sites for hydroxylation is 1. The van der Waals surface area contributed by atoms with Gasteiger partial charge in [0.15, 0.2) is 0 Å². The number of benzene rings is 2. The number of nitrogens with two attached hydrogens (primary N) is 1. The highest BCUT2D eigenvalue weighted by molar-refractivity contribution is 5.84. The second kappa shape index (κ2) is 5.58. The Morgan fingerprint density at radius 2 is 2.05 bits per heavy atom. The lowest BCUT2D eigenvalue weighted by atomic mass is 10.1. The van der Waals surface area contributed by atoms with E-state index in [0.29, 0.717) is 18.9 Å². The molecule has 3 rings (SSSR count). The van der Waals surface area contributed by atoms with Gasteiger partial charge in [-0.25, -0.2) is 4.39 Å². The minimum absolute atomic E-state index is 0.296. The van der Waals surface area contributed by atoms with Gasteiger partial charge >= 0.3 is 0 Å². The van der Waals surface area contributed by atoms with Crippen LogP contribution >= 0.6 is 0 Å². The zero-order valence-corrected chi connectivity index (χ0v) is 11.8. The predicted molar refractivity (Wildman–Crippen MR) is 81.5 cm³/mol. The summed E-state index contributed by atoms with van der Waals surface area (Å²) in [4.78, 5) is 0. The van der Waals surface area contributed by atoms with E-state index in [-0.39, 0.29) is 5.82 Å². The third-order valence-corrected chi connectivity index (χ3v) is 3.56. The number of halogens is 1. The van der Waals surface area contributed by atoms with E-state index in [4.69, 9.17) is 10.5 Å². The molecule has 0 fully saturated rings. The Morgan fingerprint density at radius 3 is 2.81 bits per heavy atom. The molecule has 4 heteroatoms. The van der Waals surface area contributed by atoms with Crippen molar-refractivity contribution in [1.82, 2.24) is 4.57 Å². The van der Waals surface area contributed by atoms with E-state index >= 15 is 0 Å². The van der Waals surface area contributed by atoms with Crippen molar-refractivity contribution in [3.8, 4) is 5.75 Å². The molecule has 1 aromatic heterocycles. The Balaban J connectivity index is 1.89. The zero-order chi connectivity index (χ0) is 14.8. The SMILES string of the molecule is Cn1cc(COc2cccc(F)c2)c2cc(CN)ccc21. The summed E-state index contributed by atoms with van der Waals surface area (Å²) in [5, 5.41) is 1.12. The molecule has 0 amide bonds. The van der Waals surface area contributed by atoms with Crippen LogP contribution in [0.5, 0.6) is 5.75 Å². The molecular formula is C17H17FN2O. The van der Waals surface area contributed by atoms with Crippen LogP contribution in [0.2, 0.25) is 0 Å². The van der Waals surface area contributed by atoms with Crippen LogP contribution in [-0.2, 0) is 20.2 Å². The van der Waals surface area contributed by atoms with Crippen LogP contribution in [0.4, 0.5) is 4.39 Å². The number of ether oxygens (including phenoxy) is 1. The monoisotopic (exact) mass is 284 g/mol. The highest BCUT2D eigenvalue weighted by Crippen LogP contribution is 2.24. The Hall–Kier alpha value is -2.33. The van der Waals surface area contributed by atoms with Gasteiger partial charge in [-0.2, -0.15) is 0 Å². The van der Waals surface area contributed by atoms with Gasteiger partial charge in [0.05, 0.1) is 0 Å². The summed E-state index contributed by atoms with van der Waals surface area (Å²) in [7, 11) is 2.00. The zero-order valence-electron chi connectivity index (χ0n) is 11.8. The van der Waals surface area contributed by atoms with Gasteiger partial charge < -0.3 is 15.0 Å². The standard InChI is InChI=1S/C17H17FN2O/c1-20-10-13(11-21-15-4-2-3-14(18)8-15)16-7-12(9-19)5-6-17(16)20/h2-8,10H,9,11,19H2,1H3. The molecular weight excluding hydrogens is 267 g/mol. The summed E-state index contributed by atoms with van der Waals surface area (Å²) in [5.74, 6) is 0.234. The van der Waals surface area contributed by atoms with Gasteiger partial charge in [-0.1, -0.05) is 12.1 Å². The number of nitrogens with zero attached hydrogens (tertiary/aromatic N) is 1. The topological polar surface area (TPSA) is 40.2 Å². The van der Waals surface area contributed by atoms with Crippen molar-refractivity contribution in [3.05, 3.63) is 65.6 Å². The molecule has 0 aliphatic heterocycles. The fraction of sp³-hybridized carbons (Fsp3) is 0.176. The first kappa shape index (κ1) is 13.6. The summed E-state index contributed by atoms with van der Waals surface area (Å²) in [6.07, 6.45) is 2.03. The van der Waals surface area contributed by atoms with Crippen LogP contribution < -0.4 is 10.5 Å². The van der Waals surface area contributed by atoms with Crippen molar-refractivity contribution in [3.63, 3.8) is 0 Å². The molecule has 0 saturated carbocycles. The molecule has 1 heterocycles. The van der Waals surface area contributed by atoms with Crippen LogP contribution in [0.3, 0.4) is 0 Å². The third-order valence-electron chi connectivity index (χ3n) is 3.56. The van der Waals surface area contributed by atoms with E-state index in [9.17, 15) is 4.39 Å². The molecule has 0 bridgehead atoms. The molecule has 3 aromatic rings. The molecule has 0 unspecified atom stereocenters. The summed E-state index contributed by atoms with van der Waals surface area (Å²) in [5.41, 5.74) is 8.98. The number of aromatic nitrogens is 1. The number of fused-ring (bicyclic) bond motifs is 1. The summed E-state index contributed by atoms with van der Waals surface area (Å²) in [6, 6.07) is 12.3. The van der Waals surface area contributed by atoms with Crippen molar-refractivity contribution in [2.45, 2.75) is 13.2 Å². The van der Waals surface area contributed by atoms with Gasteiger partial charge in [0.1, 0.15) is 18.2 Å². The highest BCUT2D eigenvalue weighted by atomic mass is 19.1. The molecule has 2 N–H and O–H groups in total. The van der Waals surface area contributed by atoms with Gasteiger partial charge in [0, 0.05) is 42.3 Å². The number of rotatable bonds is 4. The van der Waals surface area contributed by atoms with Gasteiger partial charge in [-0.3, -0.25) is 0 Å². The van der Waals surface area contributed by atoms with Gasteiger partial charge in [-0.05, 0) is 29.8 Å². The van der Waals surface area contributed by atoms with Crippen molar-refractivity contribution in [1.29, 1.82) is 0 Å². The predicted octanol–water partition coefficient (Wildman–Crippen LogP) is 3.36. The third kappa shape index (κ3) is 2.76. The maximum Gasteiger partial charge on any atom is 0.126 e. The lowest BCUT2D eigenvalue weighted by Gasteiger charge is -2.05. The molecule has 0 aliphatic carbocycles. The lowest BCUT2D eigenvalue weighted by Crippen LogP contribution is -1.97. The first-order valence-electron chi connectivity index (χ1n) is 6.82. The van der Waals surface area contributed by atoms with Gasteiger partial charge in [0.25, 0.3) is 0 Å². The average Bonchev–Trinajstić information content (AvgIpc) is 2.81. The quantitative estimate of drug-likeness (QED) is 0.798. The molecule has 0 radical (unpaired) electrons. The second-order valence-electron chi connectivity index (χ2n) is 5.07. The Kier molecular flexibility index (Phi) is 3.62. The summed E-state index contributed by atoms with van der Waals surface area (Å²) < 4.78 is 20.9. The number of hydrogen-bond acceptors (Lipinski definition) is 2. The van der Waals surface area contributed by atoms with E-state index in [0.717, 1.165) is 22.0 Å². The van der Waals surface area contributed by atoms with Crippen LogP contribution in [-0.4, -0.2) is 4.57 Å². The van der Waals surface area contributed by atoms with Crippen LogP contribution in [0.15, 0.2) is 48.7 Å². The van der Waals surface area contributed by atoms with Crippen LogP contribution in [0.25, 0.3) is 10.9 Å². The molecule has 3 nitrogen and oxygen atoms in total. The minimum Gasteiger partial charge on any atom is -0.489 e. The largest absolute Gasteiger partial charge is 0.489 e. The summed E-state index contributed by atoms with van der Waals surface area (Å²) in [6.45, 7) is 0.907. The maximum atomic E-state index is 13.2.